The molecule has 32 heavy (non-hydrogen) atoms. The van der Waals surface area contributed by atoms with Gasteiger partial charge < -0.3 is 4.57 Å². The van der Waals surface area contributed by atoms with Crippen molar-refractivity contribution in [3.8, 4) is 0 Å². The van der Waals surface area contributed by atoms with Crippen LogP contribution >= 0.6 is 11.3 Å². The Morgan fingerprint density at radius 3 is 2.59 bits per heavy atom. The van der Waals surface area contributed by atoms with E-state index >= 15 is 0 Å². The van der Waals surface area contributed by atoms with E-state index in [2.05, 4.69) is 23.2 Å². The van der Waals surface area contributed by atoms with Crippen LogP contribution in [0.2, 0.25) is 0 Å². The molecule has 4 aromatic rings. The molecule has 6 nitrogen and oxygen atoms in total. The lowest BCUT2D eigenvalue weighted by Crippen LogP contribution is -2.40. The van der Waals surface area contributed by atoms with E-state index < -0.39 is 22.0 Å². The summed E-state index contributed by atoms with van der Waals surface area (Å²) in [5.74, 6) is -0.412. The van der Waals surface area contributed by atoms with Gasteiger partial charge in [-0.05, 0) is 43.4 Å². The van der Waals surface area contributed by atoms with Crippen LogP contribution in [0.3, 0.4) is 0 Å². The second-order valence-electron chi connectivity index (χ2n) is 8.12. The number of aromatic nitrogens is 1. The fraction of sp³-hybridized carbons (Fsp3) is 0.250. The molecule has 0 spiro atoms. The van der Waals surface area contributed by atoms with Crippen LogP contribution in [-0.2, 0) is 21.9 Å². The molecule has 8 heteroatoms. The second kappa shape index (κ2) is 7.95. The topological polar surface area (TPSA) is 71.7 Å². The zero-order valence-corrected chi connectivity index (χ0v) is 19.5. The highest BCUT2D eigenvalue weighted by Gasteiger charge is 2.39. The summed E-state index contributed by atoms with van der Waals surface area (Å²) in [4.78, 5) is 18.3. The summed E-state index contributed by atoms with van der Waals surface area (Å²) >= 11 is 1.45. The number of fused-ring (bicyclic) bond motifs is 3. The van der Waals surface area contributed by atoms with Crippen LogP contribution < -0.4 is 4.80 Å². The number of benzene rings is 3. The van der Waals surface area contributed by atoms with E-state index in [-0.39, 0.29) is 4.90 Å². The fourth-order valence-electron chi connectivity index (χ4n) is 4.25. The average Bonchev–Trinajstić information content (AvgIpc) is 3.40. The number of aryl methyl sites for hydroxylation is 2. The zero-order chi connectivity index (χ0) is 22.5. The third-order valence-corrected chi connectivity index (χ3v) is 9.13. The molecule has 0 aliphatic carbocycles. The van der Waals surface area contributed by atoms with Crippen molar-refractivity contribution in [2.75, 3.05) is 6.54 Å². The van der Waals surface area contributed by atoms with Gasteiger partial charge in [0.1, 0.15) is 6.04 Å². The van der Waals surface area contributed by atoms with Crippen LogP contribution in [-0.4, -0.2) is 35.8 Å². The normalized spacial score (nSPS) is 18.1. The van der Waals surface area contributed by atoms with Crippen molar-refractivity contribution in [2.24, 2.45) is 12.0 Å². The van der Waals surface area contributed by atoms with Gasteiger partial charge in [0.2, 0.25) is 10.0 Å². The molecule has 5 rings (SSSR count). The predicted octanol–water partition coefficient (Wildman–Crippen LogP) is 3.98. The van der Waals surface area contributed by atoms with Gasteiger partial charge in [0.15, 0.2) is 4.80 Å². The van der Waals surface area contributed by atoms with Gasteiger partial charge in [0.25, 0.3) is 5.91 Å². The number of sulfonamides is 1. The molecule has 1 atom stereocenters. The first kappa shape index (κ1) is 21.1. The summed E-state index contributed by atoms with van der Waals surface area (Å²) in [6, 6.07) is 18.2. The van der Waals surface area contributed by atoms with E-state index in [4.69, 9.17) is 0 Å². The van der Waals surface area contributed by atoms with E-state index in [1.165, 1.54) is 15.6 Å². The molecule has 0 N–H and O–H groups in total. The number of amides is 1. The minimum Gasteiger partial charge on any atom is -0.319 e. The molecule has 1 aliphatic heterocycles. The second-order valence-corrected chi connectivity index (χ2v) is 11.0. The smallest absolute Gasteiger partial charge is 0.266 e. The van der Waals surface area contributed by atoms with Crippen LogP contribution in [0.25, 0.3) is 21.0 Å². The Kier molecular flexibility index (Phi) is 5.23. The van der Waals surface area contributed by atoms with E-state index in [1.54, 1.807) is 24.3 Å². The van der Waals surface area contributed by atoms with Crippen LogP contribution in [0.1, 0.15) is 18.4 Å². The van der Waals surface area contributed by atoms with Crippen molar-refractivity contribution in [3.63, 3.8) is 0 Å². The molecule has 1 amide bonds. The summed E-state index contributed by atoms with van der Waals surface area (Å²) in [6.07, 6.45) is 1.12. The first-order valence-electron chi connectivity index (χ1n) is 10.5. The molecular formula is C24H23N3O3S2. The van der Waals surface area contributed by atoms with Gasteiger partial charge in [-0.25, -0.2) is 8.42 Å². The number of hydrogen-bond donors (Lipinski definition) is 0. The van der Waals surface area contributed by atoms with Gasteiger partial charge >= 0.3 is 0 Å². The highest BCUT2D eigenvalue weighted by molar-refractivity contribution is 7.89. The lowest BCUT2D eigenvalue weighted by Gasteiger charge is -2.21. The van der Waals surface area contributed by atoms with Gasteiger partial charge in [-0.2, -0.15) is 9.30 Å². The number of carbonyl (C=O) groups excluding carboxylic acids is 1. The van der Waals surface area contributed by atoms with Crippen LogP contribution in [0.5, 0.6) is 0 Å². The summed E-state index contributed by atoms with van der Waals surface area (Å²) in [5, 5.41) is 2.25. The summed E-state index contributed by atoms with van der Waals surface area (Å²) in [7, 11) is -1.87. The number of carbonyl (C=O) groups is 1. The van der Waals surface area contributed by atoms with E-state index in [0.29, 0.717) is 24.2 Å². The number of rotatable bonds is 3. The first-order valence-corrected chi connectivity index (χ1v) is 12.8. The van der Waals surface area contributed by atoms with E-state index in [9.17, 15) is 13.2 Å². The lowest BCUT2D eigenvalue weighted by molar-refractivity contribution is -0.121. The fourth-order valence-corrected chi connectivity index (χ4v) is 7.06. The Hall–Kier alpha value is -2.81. The molecule has 1 aliphatic rings. The zero-order valence-electron chi connectivity index (χ0n) is 17.9. The SMILES string of the molecule is Cc1ccc(S(=O)(=O)N2CCCC2C(=O)N=c2sc3c4ccccc4ccc3n2C)cc1. The third-order valence-electron chi connectivity index (χ3n) is 6.02. The molecule has 164 valence electrons. The van der Waals surface area contributed by atoms with Gasteiger partial charge in [0.05, 0.1) is 15.1 Å². The molecule has 1 fully saturated rings. The molecule has 1 aromatic heterocycles. The maximum atomic E-state index is 13.2. The summed E-state index contributed by atoms with van der Waals surface area (Å²) < 4.78 is 30.7. The molecule has 0 radical (unpaired) electrons. The number of nitrogens with zero attached hydrogens (tertiary/aromatic N) is 3. The van der Waals surface area contributed by atoms with Crippen molar-refractivity contribution in [2.45, 2.75) is 30.7 Å². The minimum atomic E-state index is -3.76. The Bertz CT molecular complexity index is 1520. The standard InChI is InChI=1S/C24H23N3O3S2/c1-16-9-12-18(13-10-16)32(29,30)27-15-5-8-21(27)23(28)25-24-26(2)20-14-11-17-6-3-4-7-19(17)22(20)31-24/h3-4,6-7,9-14,21H,5,8,15H2,1-2H3. The summed E-state index contributed by atoms with van der Waals surface area (Å²) in [5.41, 5.74) is 1.98. The van der Waals surface area contributed by atoms with Crippen LogP contribution in [0.4, 0.5) is 0 Å². The molecular weight excluding hydrogens is 442 g/mol. The molecule has 3 aromatic carbocycles. The minimum absolute atomic E-state index is 0.210. The highest BCUT2D eigenvalue weighted by Crippen LogP contribution is 2.29. The van der Waals surface area contributed by atoms with E-state index in [1.807, 2.05) is 36.7 Å². The highest BCUT2D eigenvalue weighted by atomic mass is 32.2. The average molecular weight is 466 g/mol. The van der Waals surface area contributed by atoms with E-state index in [0.717, 1.165) is 26.6 Å². The van der Waals surface area contributed by atoms with Crippen molar-refractivity contribution in [1.82, 2.24) is 8.87 Å². The Balaban J connectivity index is 1.54. The maximum Gasteiger partial charge on any atom is 0.266 e. The Morgan fingerprint density at radius 1 is 1.06 bits per heavy atom. The van der Waals surface area contributed by atoms with Crippen molar-refractivity contribution < 1.29 is 13.2 Å². The van der Waals surface area contributed by atoms with Gasteiger partial charge in [0, 0.05) is 19.0 Å². The monoisotopic (exact) mass is 465 g/mol. The van der Waals surface area contributed by atoms with Crippen LogP contribution in [0.15, 0.2) is 70.6 Å². The molecule has 0 saturated carbocycles. The van der Waals surface area contributed by atoms with Crippen LogP contribution in [0, 0.1) is 6.92 Å². The largest absolute Gasteiger partial charge is 0.319 e. The Morgan fingerprint density at radius 2 is 1.81 bits per heavy atom. The number of thiazole rings is 1. The maximum absolute atomic E-state index is 13.2. The van der Waals surface area contributed by atoms with Crippen molar-refractivity contribution in [3.05, 3.63) is 71.0 Å². The quantitative estimate of drug-likeness (QED) is 0.459. The summed E-state index contributed by atoms with van der Waals surface area (Å²) in [6.45, 7) is 2.23. The molecule has 1 saturated heterocycles. The number of hydrogen-bond acceptors (Lipinski definition) is 4. The third kappa shape index (κ3) is 3.48. The van der Waals surface area contributed by atoms with Crippen molar-refractivity contribution in [1.29, 1.82) is 0 Å². The van der Waals surface area contributed by atoms with Gasteiger partial charge in [-0.15, -0.1) is 0 Å². The van der Waals surface area contributed by atoms with Crippen molar-refractivity contribution >= 4 is 48.3 Å². The lowest BCUT2D eigenvalue weighted by atomic mass is 10.1. The first-order chi connectivity index (χ1) is 15.4. The predicted molar refractivity (Wildman–Crippen MR) is 127 cm³/mol. The molecule has 2 heterocycles. The van der Waals surface area contributed by atoms with Gasteiger partial charge in [-0.1, -0.05) is 59.4 Å². The molecule has 0 bridgehead atoms. The Labute approximate surface area is 190 Å². The van der Waals surface area contributed by atoms with Gasteiger partial charge in [-0.3, -0.25) is 4.79 Å². The molecule has 1 unspecified atom stereocenters.